The molecule has 1 saturated carbocycles. The maximum Gasteiger partial charge on any atom is 0.165 e. The summed E-state index contributed by atoms with van der Waals surface area (Å²) in [5.41, 5.74) is 2.60. The van der Waals surface area contributed by atoms with Crippen LogP contribution in [0.15, 0.2) is 48.5 Å². The van der Waals surface area contributed by atoms with Crippen LogP contribution in [-0.2, 0) is 6.54 Å². The van der Waals surface area contributed by atoms with Crippen molar-refractivity contribution in [3.63, 3.8) is 0 Å². The zero-order valence-electron chi connectivity index (χ0n) is 13.2. The Morgan fingerprint density at radius 1 is 0.955 bits per heavy atom. The fourth-order valence-electron chi connectivity index (χ4n) is 3.13. The van der Waals surface area contributed by atoms with Gasteiger partial charge >= 0.3 is 0 Å². The molecule has 0 saturated heterocycles. The van der Waals surface area contributed by atoms with Gasteiger partial charge in [-0.3, -0.25) is 0 Å². The summed E-state index contributed by atoms with van der Waals surface area (Å²) in [4.78, 5) is 0. The highest BCUT2D eigenvalue weighted by molar-refractivity contribution is 5.46. The van der Waals surface area contributed by atoms with Crippen LogP contribution in [0.5, 0.6) is 11.5 Å². The van der Waals surface area contributed by atoms with Gasteiger partial charge in [-0.1, -0.05) is 42.5 Å². The van der Waals surface area contributed by atoms with E-state index in [-0.39, 0.29) is 0 Å². The summed E-state index contributed by atoms with van der Waals surface area (Å²) in [6.45, 7) is 0.812. The van der Waals surface area contributed by atoms with Crippen molar-refractivity contribution in [2.75, 3.05) is 14.2 Å². The summed E-state index contributed by atoms with van der Waals surface area (Å²) in [6, 6.07) is 17.4. The van der Waals surface area contributed by atoms with E-state index in [0.29, 0.717) is 12.0 Å². The van der Waals surface area contributed by atoms with Crippen LogP contribution in [0.25, 0.3) is 0 Å². The van der Waals surface area contributed by atoms with E-state index in [1.165, 1.54) is 18.4 Å². The molecule has 1 aliphatic rings. The number of methoxy groups -OCH3 is 2. The minimum atomic E-state index is 0.584. The lowest BCUT2D eigenvalue weighted by molar-refractivity contribution is 0.286. The Hall–Kier alpha value is -2.00. The van der Waals surface area contributed by atoms with Crippen molar-refractivity contribution in [2.45, 2.75) is 31.3 Å². The van der Waals surface area contributed by atoms with Crippen LogP contribution in [0.2, 0.25) is 0 Å². The monoisotopic (exact) mass is 297 g/mol. The topological polar surface area (TPSA) is 30.5 Å². The first-order valence-electron chi connectivity index (χ1n) is 7.80. The van der Waals surface area contributed by atoms with Crippen molar-refractivity contribution in [2.24, 2.45) is 0 Å². The number of rotatable bonds is 6. The third-order valence-electron chi connectivity index (χ3n) is 4.47. The second-order valence-electron chi connectivity index (χ2n) is 5.81. The number of benzene rings is 2. The number of nitrogens with one attached hydrogen (secondary N) is 1. The van der Waals surface area contributed by atoms with Crippen molar-refractivity contribution in [3.05, 3.63) is 59.7 Å². The Morgan fingerprint density at radius 3 is 2.41 bits per heavy atom. The molecule has 3 nitrogen and oxygen atoms in total. The van der Waals surface area contributed by atoms with Gasteiger partial charge in [-0.15, -0.1) is 0 Å². The second-order valence-corrected chi connectivity index (χ2v) is 5.81. The fraction of sp³-hybridized carbons (Fsp3) is 0.368. The average molecular weight is 297 g/mol. The molecule has 0 amide bonds. The summed E-state index contributed by atoms with van der Waals surface area (Å²) < 4.78 is 10.8. The molecule has 0 aliphatic heterocycles. The van der Waals surface area contributed by atoms with E-state index in [0.717, 1.165) is 23.6 Å². The molecule has 0 aromatic heterocycles. The number of hydrogen-bond acceptors (Lipinski definition) is 3. The second kappa shape index (κ2) is 6.84. The average Bonchev–Trinajstić information content (AvgIpc) is 2.54. The molecule has 2 aromatic rings. The molecule has 22 heavy (non-hydrogen) atoms. The lowest BCUT2D eigenvalue weighted by Gasteiger charge is -2.36. The van der Waals surface area contributed by atoms with Crippen molar-refractivity contribution < 1.29 is 9.47 Å². The van der Waals surface area contributed by atoms with E-state index in [9.17, 15) is 0 Å². The molecule has 1 aliphatic carbocycles. The van der Waals surface area contributed by atoms with E-state index in [2.05, 4.69) is 41.7 Å². The van der Waals surface area contributed by atoms with Crippen LogP contribution in [0.3, 0.4) is 0 Å². The normalized spacial score (nSPS) is 20.3. The van der Waals surface area contributed by atoms with Gasteiger partial charge in [0.15, 0.2) is 11.5 Å². The molecule has 0 heterocycles. The maximum absolute atomic E-state index is 5.48. The van der Waals surface area contributed by atoms with Gasteiger partial charge < -0.3 is 14.8 Å². The van der Waals surface area contributed by atoms with Gasteiger partial charge in [0, 0.05) is 18.2 Å². The first-order valence-corrected chi connectivity index (χ1v) is 7.80. The van der Waals surface area contributed by atoms with Crippen LogP contribution < -0.4 is 14.8 Å². The van der Waals surface area contributed by atoms with E-state index in [1.54, 1.807) is 14.2 Å². The molecule has 0 bridgehead atoms. The highest BCUT2D eigenvalue weighted by Gasteiger charge is 2.29. The summed E-state index contributed by atoms with van der Waals surface area (Å²) in [7, 11) is 3.36. The first kappa shape index (κ1) is 14.9. The van der Waals surface area contributed by atoms with Gasteiger partial charge in [0.25, 0.3) is 0 Å². The van der Waals surface area contributed by atoms with Gasteiger partial charge in [-0.2, -0.15) is 0 Å². The highest BCUT2D eigenvalue weighted by Crippen LogP contribution is 2.37. The number of para-hydroxylation sites is 1. The Kier molecular flexibility index (Phi) is 4.64. The Balaban J connectivity index is 1.55. The largest absolute Gasteiger partial charge is 0.493 e. The van der Waals surface area contributed by atoms with Crippen LogP contribution in [0.1, 0.15) is 29.9 Å². The zero-order chi connectivity index (χ0) is 15.4. The molecule has 116 valence electrons. The van der Waals surface area contributed by atoms with E-state index < -0.39 is 0 Å². The number of hydrogen-bond donors (Lipinski definition) is 1. The highest BCUT2D eigenvalue weighted by atomic mass is 16.5. The van der Waals surface area contributed by atoms with Crippen molar-refractivity contribution in [1.82, 2.24) is 5.32 Å². The third kappa shape index (κ3) is 3.09. The van der Waals surface area contributed by atoms with Gasteiger partial charge in [0.1, 0.15) is 0 Å². The van der Waals surface area contributed by atoms with E-state index in [4.69, 9.17) is 9.47 Å². The summed E-state index contributed by atoms with van der Waals surface area (Å²) in [5, 5.41) is 3.63. The smallest absolute Gasteiger partial charge is 0.165 e. The molecular formula is C19H23NO2. The SMILES string of the molecule is COc1cccc(CNC2CC(c3ccccc3)C2)c1OC. The molecule has 3 heteroatoms. The molecule has 0 spiro atoms. The van der Waals surface area contributed by atoms with Crippen LogP contribution in [0, 0.1) is 0 Å². The molecule has 0 atom stereocenters. The molecule has 3 rings (SSSR count). The Bertz CT molecular complexity index is 606. The Morgan fingerprint density at radius 2 is 1.73 bits per heavy atom. The molecule has 0 radical (unpaired) electrons. The van der Waals surface area contributed by atoms with Crippen LogP contribution >= 0.6 is 0 Å². The zero-order valence-corrected chi connectivity index (χ0v) is 13.2. The summed E-state index contributed by atoms with van der Waals surface area (Å²) >= 11 is 0. The van der Waals surface area contributed by atoms with Gasteiger partial charge in [-0.25, -0.2) is 0 Å². The summed E-state index contributed by atoms with van der Waals surface area (Å²) in [5.74, 6) is 2.32. The molecular weight excluding hydrogens is 274 g/mol. The molecule has 1 N–H and O–H groups in total. The van der Waals surface area contributed by atoms with E-state index in [1.807, 2.05) is 12.1 Å². The first-order chi connectivity index (χ1) is 10.8. The fourth-order valence-corrected chi connectivity index (χ4v) is 3.13. The van der Waals surface area contributed by atoms with Crippen molar-refractivity contribution >= 4 is 0 Å². The minimum absolute atomic E-state index is 0.584. The van der Waals surface area contributed by atoms with Crippen LogP contribution in [-0.4, -0.2) is 20.3 Å². The lowest BCUT2D eigenvalue weighted by atomic mass is 9.76. The third-order valence-corrected chi connectivity index (χ3v) is 4.47. The molecule has 2 aromatic carbocycles. The molecule has 0 unspecified atom stereocenters. The standard InChI is InChI=1S/C19H23NO2/c1-21-18-10-6-9-15(19(18)22-2)13-20-17-11-16(12-17)14-7-4-3-5-8-14/h3-10,16-17,20H,11-13H2,1-2H3. The predicted molar refractivity (Wildman–Crippen MR) is 88.6 cm³/mol. The van der Waals surface area contributed by atoms with Gasteiger partial charge in [0.2, 0.25) is 0 Å². The van der Waals surface area contributed by atoms with Gasteiger partial charge in [-0.05, 0) is 30.4 Å². The van der Waals surface area contributed by atoms with Crippen molar-refractivity contribution in [3.8, 4) is 11.5 Å². The minimum Gasteiger partial charge on any atom is -0.493 e. The predicted octanol–water partition coefficient (Wildman–Crippen LogP) is 3.74. The Labute approximate surface area is 132 Å². The summed E-state index contributed by atoms with van der Waals surface area (Å²) in [6.07, 6.45) is 2.41. The van der Waals surface area contributed by atoms with Crippen molar-refractivity contribution in [1.29, 1.82) is 0 Å². The van der Waals surface area contributed by atoms with Gasteiger partial charge in [0.05, 0.1) is 14.2 Å². The maximum atomic E-state index is 5.48. The lowest BCUT2D eigenvalue weighted by Crippen LogP contribution is -2.39. The quantitative estimate of drug-likeness (QED) is 0.881. The van der Waals surface area contributed by atoms with Crippen LogP contribution in [0.4, 0.5) is 0 Å². The number of ether oxygens (including phenoxy) is 2. The van der Waals surface area contributed by atoms with E-state index >= 15 is 0 Å². The molecule has 1 fully saturated rings.